The highest BCUT2D eigenvalue weighted by atomic mass is 79.9. The van der Waals surface area contributed by atoms with Gasteiger partial charge in [0, 0.05) is 16.2 Å². The van der Waals surface area contributed by atoms with Crippen LogP contribution >= 0.6 is 27.5 Å². The highest BCUT2D eigenvalue weighted by Gasteiger charge is 2.12. The van der Waals surface area contributed by atoms with Crippen LogP contribution in [-0.2, 0) is 0 Å². The first-order valence-corrected chi connectivity index (χ1v) is 6.82. The van der Waals surface area contributed by atoms with Crippen LogP contribution in [0.25, 0.3) is 0 Å². The molecule has 2 aromatic carbocycles. The number of methoxy groups -OCH3 is 1. The van der Waals surface area contributed by atoms with Crippen molar-refractivity contribution >= 4 is 39.1 Å². The van der Waals surface area contributed by atoms with Gasteiger partial charge >= 0.3 is 0 Å². The summed E-state index contributed by atoms with van der Waals surface area (Å²) in [4.78, 5) is 12.1. The van der Waals surface area contributed by atoms with Crippen LogP contribution in [-0.4, -0.2) is 18.1 Å². The summed E-state index contributed by atoms with van der Waals surface area (Å²) in [6.45, 7) is 0. The van der Waals surface area contributed by atoms with E-state index < -0.39 is 5.91 Å². The summed E-state index contributed by atoms with van der Waals surface area (Å²) in [5.74, 6) is -0.0530. The first kappa shape index (κ1) is 14.7. The lowest BCUT2D eigenvalue weighted by Gasteiger charge is -2.09. The number of carbonyl (C=O) groups is 1. The Hall–Kier alpha value is -1.72. The number of nitrogens with one attached hydrogen (secondary N) is 1. The first-order chi connectivity index (χ1) is 9.51. The Kier molecular flexibility index (Phi) is 4.52. The molecule has 104 valence electrons. The van der Waals surface area contributed by atoms with E-state index >= 15 is 0 Å². The number of benzene rings is 2. The van der Waals surface area contributed by atoms with Gasteiger partial charge in [-0.3, -0.25) is 4.79 Å². The van der Waals surface area contributed by atoms with Gasteiger partial charge in [0.2, 0.25) is 0 Å². The van der Waals surface area contributed by atoms with Crippen molar-refractivity contribution in [2.45, 2.75) is 0 Å². The van der Waals surface area contributed by atoms with Crippen LogP contribution in [0.15, 0.2) is 40.9 Å². The zero-order chi connectivity index (χ0) is 14.7. The molecule has 0 bridgehead atoms. The average molecular weight is 357 g/mol. The third-order valence-electron chi connectivity index (χ3n) is 2.61. The van der Waals surface area contributed by atoms with Crippen LogP contribution in [0.1, 0.15) is 10.4 Å². The molecule has 0 aliphatic carbocycles. The molecule has 0 aromatic heterocycles. The lowest BCUT2D eigenvalue weighted by molar-refractivity contribution is 0.102. The van der Waals surface area contributed by atoms with Gasteiger partial charge < -0.3 is 15.2 Å². The minimum Gasteiger partial charge on any atom is -0.507 e. The quantitative estimate of drug-likeness (QED) is 0.871. The Morgan fingerprint density at radius 2 is 2.05 bits per heavy atom. The molecule has 4 nitrogen and oxygen atoms in total. The third kappa shape index (κ3) is 3.23. The number of phenolic OH excluding ortho intramolecular Hbond substituents is 1. The van der Waals surface area contributed by atoms with Gasteiger partial charge in [-0.05, 0) is 30.3 Å². The van der Waals surface area contributed by atoms with Gasteiger partial charge in [-0.2, -0.15) is 0 Å². The van der Waals surface area contributed by atoms with Crippen molar-refractivity contribution in [3.63, 3.8) is 0 Å². The van der Waals surface area contributed by atoms with E-state index in [1.54, 1.807) is 24.3 Å². The Labute approximate surface area is 129 Å². The van der Waals surface area contributed by atoms with Crippen molar-refractivity contribution < 1.29 is 14.6 Å². The molecule has 20 heavy (non-hydrogen) atoms. The van der Waals surface area contributed by atoms with E-state index in [1.807, 2.05) is 0 Å². The molecule has 0 atom stereocenters. The summed E-state index contributed by atoms with van der Waals surface area (Å²) in [6, 6.07) is 9.51. The predicted octanol–water partition coefficient (Wildman–Crippen LogP) is 4.07. The number of aromatic hydroxyl groups is 1. The molecule has 6 heteroatoms. The number of carbonyl (C=O) groups excluding carboxylic acids is 1. The van der Waals surface area contributed by atoms with Crippen molar-refractivity contribution in [3.05, 3.63) is 51.5 Å². The van der Waals surface area contributed by atoms with Crippen molar-refractivity contribution in [2.75, 3.05) is 12.4 Å². The van der Waals surface area contributed by atoms with E-state index in [0.717, 1.165) is 0 Å². The molecule has 0 radical (unpaired) electrons. The van der Waals surface area contributed by atoms with Gasteiger partial charge in [0.15, 0.2) is 0 Å². The number of hydrogen-bond acceptors (Lipinski definition) is 3. The lowest BCUT2D eigenvalue weighted by atomic mass is 10.2. The Morgan fingerprint density at radius 3 is 2.75 bits per heavy atom. The van der Waals surface area contributed by atoms with Gasteiger partial charge in [-0.15, -0.1) is 0 Å². The first-order valence-electron chi connectivity index (χ1n) is 5.64. The number of halogens is 2. The van der Waals surface area contributed by atoms with Crippen LogP contribution in [0.5, 0.6) is 11.5 Å². The van der Waals surface area contributed by atoms with E-state index in [-0.39, 0.29) is 11.3 Å². The average Bonchev–Trinajstić information content (AvgIpc) is 2.43. The van der Waals surface area contributed by atoms with E-state index in [0.29, 0.717) is 20.9 Å². The summed E-state index contributed by atoms with van der Waals surface area (Å²) < 4.78 is 5.78. The fraction of sp³-hybridized carbons (Fsp3) is 0.0714. The molecule has 2 rings (SSSR count). The largest absolute Gasteiger partial charge is 0.507 e. The predicted molar refractivity (Wildman–Crippen MR) is 81.8 cm³/mol. The molecular formula is C14H11BrClNO3. The Bertz CT molecular complexity index is 661. The molecule has 0 fully saturated rings. The lowest BCUT2D eigenvalue weighted by Crippen LogP contribution is -2.12. The fourth-order valence-electron chi connectivity index (χ4n) is 1.63. The van der Waals surface area contributed by atoms with Crippen LogP contribution in [0.4, 0.5) is 5.69 Å². The van der Waals surface area contributed by atoms with Gasteiger partial charge in [0.1, 0.15) is 11.5 Å². The molecule has 2 aromatic rings. The highest BCUT2D eigenvalue weighted by Crippen LogP contribution is 2.28. The molecule has 0 aliphatic rings. The van der Waals surface area contributed by atoms with Gasteiger partial charge in [0.25, 0.3) is 5.91 Å². The molecule has 0 saturated heterocycles. The van der Waals surface area contributed by atoms with E-state index in [1.165, 1.54) is 19.2 Å². The summed E-state index contributed by atoms with van der Waals surface area (Å²) in [6.07, 6.45) is 0. The van der Waals surface area contributed by atoms with E-state index in [4.69, 9.17) is 16.3 Å². The third-order valence-corrected chi connectivity index (χ3v) is 3.42. The van der Waals surface area contributed by atoms with Crippen molar-refractivity contribution in [1.82, 2.24) is 0 Å². The zero-order valence-corrected chi connectivity index (χ0v) is 12.8. The van der Waals surface area contributed by atoms with Crippen LogP contribution in [0.2, 0.25) is 5.02 Å². The SMILES string of the molecule is COc1cc(NC(=O)c2cc(Br)ccc2O)ccc1Cl. The maximum absolute atomic E-state index is 12.1. The van der Waals surface area contributed by atoms with Gasteiger partial charge in [0.05, 0.1) is 17.7 Å². The second kappa shape index (κ2) is 6.15. The minimum atomic E-state index is -0.423. The Morgan fingerprint density at radius 1 is 1.30 bits per heavy atom. The normalized spacial score (nSPS) is 10.2. The molecule has 0 heterocycles. The van der Waals surface area contributed by atoms with Crippen molar-refractivity contribution in [1.29, 1.82) is 0 Å². The fourth-order valence-corrected chi connectivity index (χ4v) is 2.18. The monoisotopic (exact) mass is 355 g/mol. The molecule has 1 amide bonds. The number of ether oxygens (including phenoxy) is 1. The molecule has 0 unspecified atom stereocenters. The number of hydrogen-bond donors (Lipinski definition) is 2. The standard InChI is InChI=1S/C14H11BrClNO3/c1-20-13-7-9(3-4-11(13)16)17-14(19)10-6-8(15)2-5-12(10)18/h2-7,18H,1H3,(H,17,19). The second-order valence-electron chi connectivity index (χ2n) is 3.96. The molecule has 0 spiro atoms. The summed E-state index contributed by atoms with van der Waals surface area (Å²) in [7, 11) is 1.49. The number of phenols is 1. The zero-order valence-electron chi connectivity index (χ0n) is 10.5. The number of rotatable bonds is 3. The maximum atomic E-state index is 12.1. The molecular weight excluding hydrogens is 346 g/mol. The van der Waals surface area contributed by atoms with Crippen LogP contribution < -0.4 is 10.1 Å². The van der Waals surface area contributed by atoms with Gasteiger partial charge in [-0.1, -0.05) is 27.5 Å². The van der Waals surface area contributed by atoms with Crippen LogP contribution in [0.3, 0.4) is 0 Å². The van der Waals surface area contributed by atoms with Crippen LogP contribution in [0, 0.1) is 0 Å². The van der Waals surface area contributed by atoms with E-state index in [9.17, 15) is 9.90 Å². The van der Waals surface area contributed by atoms with E-state index in [2.05, 4.69) is 21.2 Å². The molecule has 0 saturated carbocycles. The number of amides is 1. The van der Waals surface area contributed by atoms with Crippen molar-refractivity contribution in [2.24, 2.45) is 0 Å². The maximum Gasteiger partial charge on any atom is 0.259 e. The molecule has 0 aliphatic heterocycles. The summed E-state index contributed by atoms with van der Waals surface area (Å²) in [5, 5.41) is 12.8. The Balaban J connectivity index is 2.25. The smallest absolute Gasteiger partial charge is 0.259 e. The summed E-state index contributed by atoms with van der Waals surface area (Å²) in [5.41, 5.74) is 0.698. The van der Waals surface area contributed by atoms with Gasteiger partial charge in [-0.25, -0.2) is 0 Å². The summed E-state index contributed by atoms with van der Waals surface area (Å²) >= 11 is 9.17. The minimum absolute atomic E-state index is 0.0911. The highest BCUT2D eigenvalue weighted by molar-refractivity contribution is 9.10. The topological polar surface area (TPSA) is 58.6 Å². The second-order valence-corrected chi connectivity index (χ2v) is 5.29. The van der Waals surface area contributed by atoms with Crippen molar-refractivity contribution in [3.8, 4) is 11.5 Å². The number of anilines is 1. The molecule has 2 N–H and O–H groups in total.